The maximum atomic E-state index is 13.5. The molecule has 1 fully saturated rings. The average Bonchev–Trinajstić information content (AvgIpc) is 3.51. The minimum atomic E-state index is -0.728. The monoisotopic (exact) mass is 714 g/mol. The number of hydrogen-bond donors (Lipinski definition) is 4. The van der Waals surface area contributed by atoms with Gasteiger partial charge in [0.1, 0.15) is 17.7 Å². The number of carbonyl (C=O) groups excluding carboxylic acids is 2. The molecule has 1 saturated heterocycles. The van der Waals surface area contributed by atoms with E-state index in [1.165, 1.54) is 10.8 Å². The molecule has 2 aromatic heterocycles. The van der Waals surface area contributed by atoms with Crippen LogP contribution >= 0.6 is 15.9 Å². The zero-order valence-electron chi connectivity index (χ0n) is 27.3. The molecular formula is C35H39BrN8O4. The van der Waals surface area contributed by atoms with Crippen LogP contribution in [0.3, 0.4) is 0 Å². The minimum absolute atomic E-state index is 0.0411. The molecule has 5 rings (SSSR count). The Labute approximate surface area is 286 Å². The van der Waals surface area contributed by atoms with Crippen LogP contribution in [0.5, 0.6) is 0 Å². The van der Waals surface area contributed by atoms with E-state index in [0.717, 1.165) is 40.6 Å². The van der Waals surface area contributed by atoms with Gasteiger partial charge >= 0.3 is 5.69 Å². The Bertz CT molecular complexity index is 2000. The number of benzene rings is 2. The lowest BCUT2D eigenvalue weighted by Gasteiger charge is -2.32. The number of aromatic nitrogens is 3. The number of nitrogens with one attached hydrogen (secondary N) is 3. The van der Waals surface area contributed by atoms with E-state index in [-0.39, 0.29) is 35.2 Å². The maximum absolute atomic E-state index is 13.5. The van der Waals surface area contributed by atoms with Crippen molar-refractivity contribution in [3.63, 3.8) is 0 Å². The van der Waals surface area contributed by atoms with Crippen molar-refractivity contribution in [2.45, 2.75) is 52.5 Å². The van der Waals surface area contributed by atoms with Crippen LogP contribution in [0.1, 0.15) is 74.2 Å². The molecule has 48 heavy (non-hydrogen) atoms. The lowest BCUT2D eigenvalue weighted by molar-refractivity contribution is -0.135. The summed E-state index contributed by atoms with van der Waals surface area (Å²) in [7, 11) is 0. The molecule has 2 amide bonds. The Hall–Kier alpha value is -5.04. The molecular weight excluding hydrogens is 676 g/mol. The number of piperidine rings is 1. The van der Waals surface area contributed by atoms with Crippen molar-refractivity contribution >= 4 is 45.6 Å². The molecule has 2 aromatic carbocycles. The summed E-state index contributed by atoms with van der Waals surface area (Å²) in [6, 6.07) is 15.6. The molecule has 0 spiro atoms. The van der Waals surface area contributed by atoms with E-state index in [2.05, 4.69) is 31.2 Å². The van der Waals surface area contributed by atoms with Crippen molar-refractivity contribution in [3.8, 4) is 16.8 Å². The van der Waals surface area contributed by atoms with Gasteiger partial charge in [-0.05, 0) is 68.7 Å². The van der Waals surface area contributed by atoms with Gasteiger partial charge < -0.3 is 20.9 Å². The first-order chi connectivity index (χ1) is 22.9. The highest BCUT2D eigenvalue weighted by Crippen LogP contribution is 2.34. The number of nitrogens with two attached hydrogens (primary N) is 1. The summed E-state index contributed by atoms with van der Waals surface area (Å²) in [5.41, 5.74) is 8.73. The number of aliphatic imine (C=N–C) groups is 1. The van der Waals surface area contributed by atoms with E-state index in [0.29, 0.717) is 34.6 Å². The number of hydrogen-bond acceptors (Lipinski definition) is 5. The smallest absolute Gasteiger partial charge is 0.335 e. The standard InChI is InChI=1S/C35H39BrN8O4/c1-20(2)33(46)42-14-12-23(13-15-42)29-17-27(30(41-29)31(38)39-19-37)22-8-10-25(11-9-22)40-32(45)28-18-43(21(3)4)35(48)44(34(28)47)26-7-5-6-24(36)16-26/h5-11,16-21,23,41H,12-15H2,1-4H3,(H,40,45)(H3,37,38,39). The van der Waals surface area contributed by atoms with Gasteiger partial charge in [0.2, 0.25) is 5.91 Å². The van der Waals surface area contributed by atoms with Gasteiger partial charge in [-0.25, -0.2) is 14.4 Å². The highest BCUT2D eigenvalue weighted by atomic mass is 79.9. The second-order valence-electron chi connectivity index (χ2n) is 12.4. The van der Waals surface area contributed by atoms with Gasteiger partial charge in [-0.1, -0.05) is 48.0 Å². The fourth-order valence-corrected chi connectivity index (χ4v) is 6.29. The minimum Gasteiger partial charge on any atom is -0.382 e. The molecule has 13 heteroatoms. The second kappa shape index (κ2) is 14.4. The predicted octanol–water partition coefficient (Wildman–Crippen LogP) is 5.26. The van der Waals surface area contributed by atoms with Crippen LogP contribution in [0.4, 0.5) is 5.69 Å². The Morgan fingerprint density at radius 1 is 1.06 bits per heavy atom. The van der Waals surface area contributed by atoms with E-state index in [1.54, 1.807) is 50.2 Å². The number of carbonyl (C=O) groups is 2. The number of anilines is 1. The number of halogens is 1. The number of nitrogens with zero attached hydrogens (tertiary/aromatic N) is 4. The molecule has 0 aliphatic carbocycles. The van der Waals surface area contributed by atoms with Crippen molar-refractivity contribution in [2.24, 2.45) is 16.6 Å². The Balaban J connectivity index is 1.42. The highest BCUT2D eigenvalue weighted by molar-refractivity contribution is 9.10. The quantitative estimate of drug-likeness (QED) is 0.137. The first-order valence-corrected chi connectivity index (χ1v) is 16.6. The van der Waals surface area contributed by atoms with Gasteiger partial charge in [-0.15, -0.1) is 0 Å². The van der Waals surface area contributed by atoms with Crippen LogP contribution in [0.25, 0.3) is 16.8 Å². The van der Waals surface area contributed by atoms with Gasteiger partial charge in [0, 0.05) is 58.6 Å². The fourth-order valence-electron chi connectivity index (χ4n) is 5.91. The summed E-state index contributed by atoms with van der Waals surface area (Å²) in [6.45, 7) is 8.77. The van der Waals surface area contributed by atoms with Crippen LogP contribution in [0, 0.1) is 11.3 Å². The molecule has 0 bridgehead atoms. The number of H-pyrrole nitrogens is 1. The zero-order chi connectivity index (χ0) is 34.7. The average molecular weight is 716 g/mol. The topological polar surface area (TPSA) is 171 Å². The van der Waals surface area contributed by atoms with Crippen molar-refractivity contribution in [2.75, 3.05) is 18.4 Å². The summed E-state index contributed by atoms with van der Waals surface area (Å²) in [5.74, 6) is -0.179. The Kier molecular flexibility index (Phi) is 10.3. The normalized spacial score (nSPS) is 14.1. The Morgan fingerprint density at radius 2 is 1.75 bits per heavy atom. The lowest BCUT2D eigenvalue weighted by atomic mass is 9.92. The van der Waals surface area contributed by atoms with Crippen LogP contribution in [0.15, 0.2) is 79.8 Å². The predicted molar refractivity (Wildman–Crippen MR) is 191 cm³/mol. The molecule has 4 aromatic rings. The third-order valence-corrected chi connectivity index (χ3v) is 8.97. The number of amidine groups is 1. The van der Waals surface area contributed by atoms with Crippen molar-refractivity contribution in [3.05, 3.63) is 103 Å². The number of aromatic amines is 1. The first-order valence-electron chi connectivity index (χ1n) is 15.8. The van der Waals surface area contributed by atoms with Crippen LogP contribution < -0.4 is 22.3 Å². The molecule has 0 atom stereocenters. The van der Waals surface area contributed by atoms with Crippen LogP contribution in [0.2, 0.25) is 0 Å². The Morgan fingerprint density at radius 3 is 2.35 bits per heavy atom. The van der Waals surface area contributed by atoms with Crippen LogP contribution in [-0.4, -0.2) is 56.1 Å². The molecule has 0 saturated carbocycles. The van der Waals surface area contributed by atoms with Crippen LogP contribution in [-0.2, 0) is 4.79 Å². The van der Waals surface area contributed by atoms with E-state index in [1.807, 2.05) is 36.9 Å². The molecule has 5 N–H and O–H groups in total. The zero-order valence-corrected chi connectivity index (χ0v) is 28.9. The molecule has 12 nitrogen and oxygen atoms in total. The summed E-state index contributed by atoms with van der Waals surface area (Å²) >= 11 is 3.38. The third kappa shape index (κ3) is 7.10. The summed E-state index contributed by atoms with van der Waals surface area (Å²) in [5, 5.41) is 10.2. The van der Waals surface area contributed by atoms with Gasteiger partial charge in [0.05, 0.1) is 11.4 Å². The molecule has 250 valence electrons. The molecule has 0 unspecified atom stereocenters. The first kappa shape index (κ1) is 34.3. The largest absolute Gasteiger partial charge is 0.382 e. The van der Waals surface area contributed by atoms with E-state index < -0.39 is 17.2 Å². The van der Waals surface area contributed by atoms with E-state index in [4.69, 9.17) is 11.1 Å². The molecule has 3 heterocycles. The van der Waals surface area contributed by atoms with Crippen molar-refractivity contribution < 1.29 is 9.59 Å². The van der Waals surface area contributed by atoms with Gasteiger partial charge in [0.15, 0.2) is 0 Å². The fraction of sp³-hybridized carbons (Fsp3) is 0.314. The van der Waals surface area contributed by atoms with Crippen molar-refractivity contribution in [1.29, 1.82) is 5.41 Å². The third-order valence-electron chi connectivity index (χ3n) is 8.47. The van der Waals surface area contributed by atoms with Crippen molar-refractivity contribution in [1.82, 2.24) is 19.0 Å². The molecule has 1 aliphatic rings. The number of likely N-dealkylation sites (tertiary alicyclic amines) is 1. The second-order valence-corrected chi connectivity index (χ2v) is 13.3. The van der Waals surface area contributed by atoms with Gasteiger partial charge in [0.25, 0.3) is 11.5 Å². The van der Waals surface area contributed by atoms with E-state index in [9.17, 15) is 19.2 Å². The molecule has 0 radical (unpaired) electrons. The number of rotatable bonds is 9. The number of amides is 2. The summed E-state index contributed by atoms with van der Waals surface area (Å²) < 4.78 is 3.04. The highest BCUT2D eigenvalue weighted by Gasteiger charge is 2.27. The summed E-state index contributed by atoms with van der Waals surface area (Å²) in [6.07, 6.45) is 3.80. The maximum Gasteiger partial charge on any atom is 0.335 e. The SMILES string of the molecule is CC(C)C(=O)N1CCC(c2cc(-c3ccc(NC(=O)c4cn(C(C)C)c(=O)n(-c5cccc(Br)c5)c4=O)cc3)c(/C(N)=N\C=N)[nH]2)CC1. The van der Waals surface area contributed by atoms with Gasteiger partial charge in [-0.3, -0.25) is 24.4 Å². The van der Waals surface area contributed by atoms with E-state index >= 15 is 0 Å². The van der Waals surface area contributed by atoms with Gasteiger partial charge in [-0.2, -0.15) is 0 Å². The lowest BCUT2D eigenvalue weighted by Crippen LogP contribution is -2.42. The summed E-state index contributed by atoms with van der Waals surface area (Å²) in [4.78, 5) is 62.1. The molecule has 1 aliphatic heterocycles.